The van der Waals surface area contributed by atoms with Crippen LogP contribution in [0.15, 0.2) is 77.9 Å². The van der Waals surface area contributed by atoms with E-state index in [1.807, 2.05) is 0 Å². The van der Waals surface area contributed by atoms with E-state index in [1.54, 1.807) is 30.3 Å². The second-order valence-electron chi connectivity index (χ2n) is 6.21. The van der Waals surface area contributed by atoms with Gasteiger partial charge in [0.05, 0.1) is 11.1 Å². The molecule has 0 saturated heterocycles. The number of hydrogen-bond acceptors (Lipinski definition) is 6. The fourth-order valence-electron chi connectivity index (χ4n) is 2.63. The van der Waals surface area contributed by atoms with Gasteiger partial charge in [0.15, 0.2) is 0 Å². The summed E-state index contributed by atoms with van der Waals surface area (Å²) in [5.74, 6) is -1.48. The van der Waals surface area contributed by atoms with Crippen molar-refractivity contribution in [3.8, 4) is 5.75 Å². The van der Waals surface area contributed by atoms with Crippen molar-refractivity contribution < 1.29 is 19.2 Å². The minimum absolute atomic E-state index is 0.0873. The van der Waals surface area contributed by atoms with Crippen molar-refractivity contribution in [1.29, 1.82) is 0 Å². The smallest absolute Gasteiger partial charge is 0.271 e. The van der Waals surface area contributed by atoms with Crippen LogP contribution >= 0.6 is 0 Å². The van der Waals surface area contributed by atoms with Gasteiger partial charge in [0.2, 0.25) is 0 Å². The Morgan fingerprint density at radius 2 is 1.77 bits per heavy atom. The number of carbonyl (C=O) groups excluding carboxylic acids is 1. The molecule has 9 heteroatoms. The number of nitro groups is 1. The van der Waals surface area contributed by atoms with Gasteiger partial charge in [-0.05, 0) is 23.3 Å². The molecule has 8 nitrogen and oxygen atoms in total. The summed E-state index contributed by atoms with van der Waals surface area (Å²) in [6.07, 6.45) is 1.34. The first kappa shape index (κ1) is 20.5. The summed E-state index contributed by atoms with van der Waals surface area (Å²) in [7, 11) is 0. The normalized spacial score (nSPS) is 11.8. The number of non-ortho nitro benzene ring substituents is 1. The van der Waals surface area contributed by atoms with Crippen molar-refractivity contribution >= 4 is 23.5 Å². The van der Waals surface area contributed by atoms with Gasteiger partial charge in [0.1, 0.15) is 11.9 Å². The molecular formula is C21H16FN4O4-. The maximum Gasteiger partial charge on any atom is 0.271 e. The summed E-state index contributed by atoms with van der Waals surface area (Å²) in [5.41, 5.74) is 3.09. The van der Waals surface area contributed by atoms with Gasteiger partial charge in [0.25, 0.3) is 11.6 Å². The molecule has 0 bridgehead atoms. The fraction of sp³-hybridized carbons (Fsp3) is 0.0476. The first-order valence-corrected chi connectivity index (χ1v) is 8.79. The van der Waals surface area contributed by atoms with Gasteiger partial charge in [0, 0.05) is 17.8 Å². The average Bonchev–Trinajstić information content (AvgIpc) is 2.75. The number of hydrazone groups is 1. The zero-order valence-electron chi connectivity index (χ0n) is 15.5. The lowest BCUT2D eigenvalue weighted by atomic mass is 10.1. The van der Waals surface area contributed by atoms with E-state index >= 15 is 0 Å². The third-order valence-corrected chi connectivity index (χ3v) is 4.13. The van der Waals surface area contributed by atoms with Crippen molar-refractivity contribution in [3.63, 3.8) is 0 Å². The molecule has 0 spiro atoms. The number of anilines is 1. The van der Waals surface area contributed by atoms with Crippen LogP contribution in [0.3, 0.4) is 0 Å². The first-order chi connectivity index (χ1) is 14.4. The predicted octanol–water partition coefficient (Wildman–Crippen LogP) is 3.11. The fourth-order valence-corrected chi connectivity index (χ4v) is 2.63. The second kappa shape index (κ2) is 9.28. The zero-order chi connectivity index (χ0) is 21.5. The minimum atomic E-state index is -1.04. The number of amides is 1. The molecule has 0 aromatic heterocycles. The van der Waals surface area contributed by atoms with Crippen LogP contribution < -0.4 is 15.8 Å². The van der Waals surface area contributed by atoms with Gasteiger partial charge < -0.3 is 10.4 Å². The summed E-state index contributed by atoms with van der Waals surface area (Å²) in [4.78, 5) is 23.1. The van der Waals surface area contributed by atoms with E-state index in [2.05, 4.69) is 15.8 Å². The maximum absolute atomic E-state index is 13.0. The molecule has 2 N–H and O–H groups in total. The van der Waals surface area contributed by atoms with E-state index in [9.17, 15) is 24.4 Å². The van der Waals surface area contributed by atoms with Gasteiger partial charge in [-0.1, -0.05) is 54.3 Å². The van der Waals surface area contributed by atoms with Crippen LogP contribution in [0.1, 0.15) is 17.2 Å². The number of rotatable bonds is 7. The standard InChI is InChI=1S/C21H17FN4O4/c22-16-8-6-14(7-9-16)13-23-25-21(28)20(15-4-2-1-3-5-15)24-18-12-17(26(29)30)10-11-19(18)27/h1-13,20,24,27H,(H,25,28)/p-1/t20-/m0/s1. The van der Waals surface area contributed by atoms with Crippen molar-refractivity contribution in [3.05, 3.63) is 99.9 Å². The van der Waals surface area contributed by atoms with Gasteiger partial charge in [-0.25, -0.2) is 9.82 Å². The largest absolute Gasteiger partial charge is 0.871 e. The second-order valence-corrected chi connectivity index (χ2v) is 6.21. The van der Waals surface area contributed by atoms with E-state index in [-0.39, 0.29) is 11.4 Å². The Balaban J connectivity index is 1.82. The van der Waals surface area contributed by atoms with Gasteiger partial charge in [-0.15, -0.1) is 0 Å². The number of nitrogens with one attached hydrogen (secondary N) is 2. The molecule has 0 aliphatic rings. The number of nitro benzene ring substituents is 1. The topological polar surface area (TPSA) is 120 Å². The molecule has 3 aromatic rings. The molecule has 30 heavy (non-hydrogen) atoms. The average molecular weight is 407 g/mol. The van der Waals surface area contributed by atoms with Crippen LogP contribution in [0.4, 0.5) is 15.8 Å². The molecule has 1 atom stereocenters. The molecule has 3 aromatic carbocycles. The molecular weight excluding hydrogens is 391 g/mol. The van der Waals surface area contributed by atoms with E-state index < -0.39 is 28.4 Å². The molecule has 0 heterocycles. The molecule has 3 rings (SSSR count). The van der Waals surface area contributed by atoms with Gasteiger partial charge in [-0.3, -0.25) is 14.9 Å². The van der Waals surface area contributed by atoms with E-state index in [1.165, 1.54) is 30.5 Å². The number of halogens is 1. The SMILES string of the molecule is O=C(NN=Cc1ccc(F)cc1)[C@@H](Nc1cc([N+](=O)[O-])ccc1[O-])c1ccccc1. The third kappa shape index (κ3) is 5.16. The van der Waals surface area contributed by atoms with Crippen molar-refractivity contribution in [1.82, 2.24) is 5.43 Å². The summed E-state index contributed by atoms with van der Waals surface area (Å²) in [6, 6.07) is 16.2. The van der Waals surface area contributed by atoms with E-state index in [0.29, 0.717) is 11.1 Å². The van der Waals surface area contributed by atoms with Crippen LogP contribution in [0, 0.1) is 15.9 Å². The number of hydrogen-bond donors (Lipinski definition) is 2. The molecule has 0 unspecified atom stereocenters. The Morgan fingerprint density at radius 3 is 2.43 bits per heavy atom. The number of nitrogens with zero attached hydrogens (tertiary/aromatic N) is 2. The molecule has 0 radical (unpaired) electrons. The third-order valence-electron chi connectivity index (χ3n) is 4.13. The molecule has 1 amide bonds. The Bertz CT molecular complexity index is 1070. The lowest BCUT2D eigenvalue weighted by molar-refractivity contribution is -0.385. The van der Waals surface area contributed by atoms with Crippen molar-refractivity contribution in [2.24, 2.45) is 5.10 Å². The zero-order valence-corrected chi connectivity index (χ0v) is 15.5. The summed E-state index contributed by atoms with van der Waals surface area (Å²) < 4.78 is 13.0. The molecule has 0 aliphatic heterocycles. The molecule has 152 valence electrons. The highest BCUT2D eigenvalue weighted by atomic mass is 19.1. The van der Waals surface area contributed by atoms with Gasteiger partial charge >= 0.3 is 0 Å². The monoisotopic (exact) mass is 407 g/mol. The Morgan fingerprint density at radius 1 is 1.07 bits per heavy atom. The summed E-state index contributed by atoms with van der Waals surface area (Å²) in [6.45, 7) is 0. The van der Waals surface area contributed by atoms with Crippen LogP contribution in [0.5, 0.6) is 5.75 Å². The Labute approximate surface area is 170 Å². The van der Waals surface area contributed by atoms with Crippen LogP contribution in [0.25, 0.3) is 0 Å². The highest BCUT2D eigenvalue weighted by Gasteiger charge is 2.21. The Hall–Kier alpha value is -4.27. The highest BCUT2D eigenvalue weighted by molar-refractivity contribution is 5.88. The molecule has 0 saturated carbocycles. The number of carbonyl (C=O) groups is 1. The molecule has 0 aliphatic carbocycles. The quantitative estimate of drug-likeness (QED) is 0.354. The van der Waals surface area contributed by atoms with Crippen LogP contribution in [-0.2, 0) is 4.79 Å². The van der Waals surface area contributed by atoms with Gasteiger partial charge in [-0.2, -0.15) is 5.10 Å². The van der Waals surface area contributed by atoms with Crippen LogP contribution in [-0.4, -0.2) is 17.0 Å². The summed E-state index contributed by atoms with van der Waals surface area (Å²) >= 11 is 0. The first-order valence-electron chi connectivity index (χ1n) is 8.79. The minimum Gasteiger partial charge on any atom is -0.871 e. The lowest BCUT2D eigenvalue weighted by Gasteiger charge is -2.22. The van der Waals surface area contributed by atoms with E-state index in [0.717, 1.165) is 18.2 Å². The molecule has 0 fully saturated rings. The highest BCUT2D eigenvalue weighted by Crippen LogP contribution is 2.29. The van der Waals surface area contributed by atoms with Crippen LogP contribution in [0.2, 0.25) is 0 Å². The van der Waals surface area contributed by atoms with E-state index in [4.69, 9.17) is 0 Å². The Kier molecular flexibility index (Phi) is 6.33. The summed E-state index contributed by atoms with van der Waals surface area (Å²) in [5, 5.41) is 29.8. The predicted molar refractivity (Wildman–Crippen MR) is 107 cm³/mol. The maximum atomic E-state index is 13.0. The lowest BCUT2D eigenvalue weighted by Crippen LogP contribution is -2.30. The number of benzene rings is 3. The van der Waals surface area contributed by atoms with Crippen molar-refractivity contribution in [2.45, 2.75) is 6.04 Å². The van der Waals surface area contributed by atoms with Crippen molar-refractivity contribution in [2.75, 3.05) is 5.32 Å².